The van der Waals surface area contributed by atoms with Gasteiger partial charge in [0.05, 0.1) is 18.1 Å². The number of alkyl halides is 4. The molecule has 0 radical (unpaired) electrons. The number of aliphatic hydroxyl groups excluding tert-OH is 1. The molecule has 0 bridgehead atoms. The molecule has 3 fully saturated rings. The summed E-state index contributed by atoms with van der Waals surface area (Å²) in [6.07, 6.45) is 1.63. The van der Waals surface area contributed by atoms with Crippen LogP contribution < -0.4 is 4.74 Å². The van der Waals surface area contributed by atoms with Crippen molar-refractivity contribution in [1.82, 2.24) is 9.80 Å². The van der Waals surface area contributed by atoms with Crippen molar-refractivity contribution in [2.45, 2.75) is 68.9 Å². The van der Waals surface area contributed by atoms with E-state index in [4.69, 9.17) is 4.74 Å². The molecule has 1 amide bonds. The van der Waals surface area contributed by atoms with Crippen LogP contribution in [0.4, 0.5) is 17.6 Å². The van der Waals surface area contributed by atoms with Gasteiger partial charge in [0.2, 0.25) is 5.67 Å². The van der Waals surface area contributed by atoms with E-state index in [-0.39, 0.29) is 50.3 Å². The minimum Gasteiger partial charge on any atom is -0.493 e. The highest BCUT2D eigenvalue weighted by Gasteiger charge is 2.58. The van der Waals surface area contributed by atoms with E-state index >= 15 is 4.39 Å². The van der Waals surface area contributed by atoms with Crippen LogP contribution in [-0.2, 0) is 9.59 Å². The van der Waals surface area contributed by atoms with Crippen molar-refractivity contribution in [2.75, 3.05) is 32.8 Å². The highest BCUT2D eigenvalue weighted by atomic mass is 19.4. The third kappa shape index (κ3) is 5.88. The van der Waals surface area contributed by atoms with E-state index < -0.39 is 41.3 Å². The number of carboxylic acids is 1. The van der Waals surface area contributed by atoms with Gasteiger partial charge in [-0.05, 0) is 62.4 Å². The average molecular weight is 581 g/mol. The number of benzene rings is 1. The minimum atomic E-state index is -4.16. The second-order valence-corrected chi connectivity index (χ2v) is 11.9. The molecule has 5 rings (SSSR count). The van der Waals surface area contributed by atoms with Gasteiger partial charge in [0.25, 0.3) is 5.91 Å². The number of hydrogen-bond donors (Lipinski definition) is 2. The van der Waals surface area contributed by atoms with Crippen molar-refractivity contribution in [1.29, 1.82) is 0 Å². The maximum atomic E-state index is 16.4. The Kier molecular flexibility index (Phi) is 8.22. The third-order valence-corrected chi connectivity index (χ3v) is 9.19. The molecule has 1 aromatic rings. The van der Waals surface area contributed by atoms with Gasteiger partial charge in [0.15, 0.2) is 0 Å². The van der Waals surface area contributed by atoms with Crippen molar-refractivity contribution < 1.29 is 42.1 Å². The van der Waals surface area contributed by atoms with Gasteiger partial charge in [-0.25, -0.2) is 9.18 Å². The van der Waals surface area contributed by atoms with E-state index in [0.717, 1.165) is 17.7 Å². The second-order valence-electron chi connectivity index (χ2n) is 11.9. The number of likely N-dealkylation sites (tertiary alicyclic amines) is 2. The van der Waals surface area contributed by atoms with E-state index in [0.29, 0.717) is 37.4 Å². The number of piperidine rings is 1. The molecular weight excluding hydrogens is 544 g/mol. The Hall–Kier alpha value is -2.92. The number of ether oxygens (including phenoxy) is 1. The number of aliphatic hydroxyl groups is 1. The first-order chi connectivity index (χ1) is 19.4. The van der Waals surface area contributed by atoms with E-state index in [1.807, 2.05) is 4.90 Å². The van der Waals surface area contributed by atoms with Crippen molar-refractivity contribution in [3.05, 3.63) is 48.1 Å². The molecule has 1 aromatic carbocycles. The van der Waals surface area contributed by atoms with Crippen LogP contribution in [0.2, 0.25) is 0 Å². The number of amides is 1. The van der Waals surface area contributed by atoms with Gasteiger partial charge < -0.3 is 24.7 Å². The summed E-state index contributed by atoms with van der Waals surface area (Å²) in [5.41, 5.74) is -3.46. The minimum absolute atomic E-state index is 0.0739. The van der Waals surface area contributed by atoms with Crippen LogP contribution in [0.25, 0.3) is 5.57 Å². The highest BCUT2D eigenvalue weighted by Crippen LogP contribution is 2.53. The lowest BCUT2D eigenvalue weighted by molar-refractivity contribution is -0.256. The zero-order valence-electron chi connectivity index (χ0n) is 22.8. The lowest BCUT2D eigenvalue weighted by atomic mass is 9.67. The van der Waals surface area contributed by atoms with Gasteiger partial charge in [0.1, 0.15) is 11.8 Å². The molecule has 7 nitrogen and oxygen atoms in total. The quantitative estimate of drug-likeness (QED) is 0.437. The molecule has 2 N–H and O–H groups in total. The fraction of sp³-hybridized carbons (Fsp3) is 0.600. The van der Waals surface area contributed by atoms with Crippen molar-refractivity contribution >= 4 is 17.4 Å². The summed E-state index contributed by atoms with van der Waals surface area (Å²) < 4.78 is 62.9. The topological polar surface area (TPSA) is 90.3 Å². The molecule has 4 aliphatic rings. The molecule has 2 heterocycles. The summed E-state index contributed by atoms with van der Waals surface area (Å²) in [7, 11) is 0. The van der Waals surface area contributed by atoms with Gasteiger partial charge in [-0.1, -0.05) is 36.8 Å². The fourth-order valence-corrected chi connectivity index (χ4v) is 6.48. The Bertz CT molecular complexity index is 1190. The Morgan fingerprint density at radius 3 is 2.37 bits per heavy atom. The summed E-state index contributed by atoms with van der Waals surface area (Å²) in [4.78, 5) is 27.8. The zero-order valence-corrected chi connectivity index (χ0v) is 22.8. The first-order valence-electron chi connectivity index (χ1n) is 14.2. The van der Waals surface area contributed by atoms with Crippen LogP contribution in [0.15, 0.2) is 42.5 Å². The summed E-state index contributed by atoms with van der Waals surface area (Å²) in [6.45, 7) is 1.46. The van der Waals surface area contributed by atoms with Crippen LogP contribution in [0.1, 0.15) is 50.5 Å². The Balaban J connectivity index is 1.17. The first-order valence-corrected chi connectivity index (χ1v) is 14.2. The largest absolute Gasteiger partial charge is 0.493 e. The Morgan fingerprint density at radius 2 is 1.78 bits per heavy atom. The molecule has 2 aliphatic carbocycles. The van der Waals surface area contributed by atoms with Crippen molar-refractivity contribution in [3.8, 4) is 5.75 Å². The molecule has 2 aliphatic heterocycles. The number of halogens is 4. The maximum Gasteiger partial charge on any atom is 0.395 e. The Morgan fingerprint density at radius 1 is 1.10 bits per heavy atom. The van der Waals surface area contributed by atoms with Crippen molar-refractivity contribution in [2.24, 2.45) is 11.3 Å². The highest BCUT2D eigenvalue weighted by molar-refractivity contribution is 6.02. The van der Waals surface area contributed by atoms with E-state index in [1.54, 1.807) is 30.3 Å². The molecular formula is C30H36F4N2O5. The van der Waals surface area contributed by atoms with Gasteiger partial charge in [-0.3, -0.25) is 4.79 Å². The lowest BCUT2D eigenvalue weighted by Gasteiger charge is -2.47. The number of carbonyl (C=O) groups excluding carboxylic acids is 1. The first kappa shape index (κ1) is 29.6. The third-order valence-electron chi connectivity index (χ3n) is 9.19. The van der Waals surface area contributed by atoms with Crippen LogP contribution in [-0.4, -0.2) is 88.7 Å². The number of hydrogen-bond acceptors (Lipinski definition) is 5. The monoisotopic (exact) mass is 580 g/mol. The van der Waals surface area contributed by atoms with Crippen LogP contribution >= 0.6 is 0 Å². The van der Waals surface area contributed by atoms with Crippen molar-refractivity contribution in [3.63, 3.8) is 0 Å². The van der Waals surface area contributed by atoms with E-state index in [9.17, 15) is 33.0 Å². The SMILES string of the molecule is O=C(O)[C@@H]1C[C@@H](O)CN1C(=O)C1(F)CC=CC=C1c1ccc(OCC2CCN(CC3(C(F)(F)F)CCC3)CC2)cc1. The van der Waals surface area contributed by atoms with Gasteiger partial charge >= 0.3 is 12.1 Å². The predicted molar refractivity (Wildman–Crippen MR) is 143 cm³/mol. The van der Waals surface area contributed by atoms with Gasteiger partial charge in [0, 0.05) is 31.5 Å². The van der Waals surface area contributed by atoms with Crippen LogP contribution in [0.5, 0.6) is 5.75 Å². The lowest BCUT2D eigenvalue weighted by Crippen LogP contribution is -2.53. The Labute approximate surface area is 236 Å². The molecule has 224 valence electrons. The van der Waals surface area contributed by atoms with Crippen LogP contribution in [0.3, 0.4) is 0 Å². The number of carbonyl (C=O) groups is 2. The molecule has 1 saturated carbocycles. The van der Waals surface area contributed by atoms with E-state index in [2.05, 4.69) is 0 Å². The number of nitrogens with zero attached hydrogens (tertiary/aromatic N) is 2. The normalized spacial score (nSPS) is 28.7. The predicted octanol–water partition coefficient (Wildman–Crippen LogP) is 4.61. The molecule has 0 spiro atoms. The second kappa shape index (κ2) is 11.4. The van der Waals surface area contributed by atoms with Gasteiger partial charge in [-0.2, -0.15) is 13.2 Å². The standard InChI is InChI=1S/C30H36F4N2O5/c31-29(27(40)36-17-22(37)16-25(36)26(38)39)13-2-1-4-24(29)21-5-7-23(8-6-21)41-18-20-9-14-35(15-10-20)19-28(11-3-12-28)30(32,33)34/h1-2,4-8,20,22,25,37H,3,9-19H2,(H,38,39)/t22-,25+,29?/m1/s1. The summed E-state index contributed by atoms with van der Waals surface area (Å²) in [6, 6.07) is 5.36. The summed E-state index contributed by atoms with van der Waals surface area (Å²) in [5, 5.41) is 19.4. The van der Waals surface area contributed by atoms with Gasteiger partial charge in [-0.15, -0.1) is 0 Å². The zero-order chi connectivity index (χ0) is 29.4. The van der Waals surface area contributed by atoms with E-state index in [1.165, 1.54) is 12.2 Å². The molecule has 0 aromatic heterocycles. The maximum absolute atomic E-state index is 16.4. The van der Waals surface area contributed by atoms with Crippen LogP contribution in [0, 0.1) is 11.3 Å². The molecule has 41 heavy (non-hydrogen) atoms. The molecule has 11 heteroatoms. The molecule has 2 saturated heterocycles. The number of rotatable bonds is 8. The number of carboxylic acid groups (broad SMARTS) is 1. The molecule has 3 atom stereocenters. The molecule has 1 unspecified atom stereocenters. The summed E-state index contributed by atoms with van der Waals surface area (Å²) >= 11 is 0. The average Bonchev–Trinajstić information content (AvgIpc) is 3.31. The fourth-order valence-electron chi connectivity index (χ4n) is 6.48. The number of β-amino-alcohol motifs (C(OH)–C–C–N with tert-alkyl or cyclic N) is 1. The number of aliphatic carboxylic acids is 1. The summed E-state index contributed by atoms with van der Waals surface area (Å²) in [5.74, 6) is -1.50. The smallest absolute Gasteiger partial charge is 0.395 e. The number of allylic oxidation sites excluding steroid dienone is 3.